The molecule has 2 fully saturated rings. The summed E-state index contributed by atoms with van der Waals surface area (Å²) >= 11 is 0. The van der Waals surface area contributed by atoms with E-state index < -0.39 is 11.4 Å². The zero-order chi connectivity index (χ0) is 21.1. The number of halogens is 1. The second kappa shape index (κ2) is 8.73. The molecule has 0 N–H and O–H groups in total. The predicted molar refractivity (Wildman–Crippen MR) is 111 cm³/mol. The first-order valence-corrected chi connectivity index (χ1v) is 10.9. The van der Waals surface area contributed by atoms with Gasteiger partial charge >= 0.3 is 6.09 Å². The highest BCUT2D eigenvalue weighted by Crippen LogP contribution is 2.54. The predicted octanol–water partition coefficient (Wildman–Crippen LogP) is 5.84. The molecule has 0 radical (unpaired) electrons. The Morgan fingerprint density at radius 2 is 1.97 bits per heavy atom. The van der Waals surface area contributed by atoms with E-state index in [4.69, 9.17) is 10.00 Å². The average Bonchev–Trinajstić information content (AvgIpc) is 2.63. The molecule has 1 amide bonds. The van der Waals surface area contributed by atoms with E-state index in [1.54, 1.807) is 6.07 Å². The number of hydrogen-bond acceptors (Lipinski definition) is 3. The van der Waals surface area contributed by atoms with Gasteiger partial charge in [0, 0.05) is 13.1 Å². The summed E-state index contributed by atoms with van der Waals surface area (Å²) in [5.41, 5.74) is 1.10. The molecule has 0 aromatic heterocycles. The number of hydrogen-bond donors (Lipinski definition) is 0. The maximum atomic E-state index is 13.7. The number of carbonyl (C=O) groups is 1. The van der Waals surface area contributed by atoms with Crippen molar-refractivity contribution in [3.05, 3.63) is 35.1 Å². The first-order chi connectivity index (χ1) is 13.7. The summed E-state index contributed by atoms with van der Waals surface area (Å²) in [6.45, 7) is 7.35. The van der Waals surface area contributed by atoms with Crippen LogP contribution in [0.3, 0.4) is 0 Å². The Bertz CT molecular complexity index is 762. The zero-order valence-corrected chi connectivity index (χ0v) is 18.0. The minimum absolute atomic E-state index is 0.117. The Balaban J connectivity index is 1.32. The van der Waals surface area contributed by atoms with E-state index in [0.717, 1.165) is 56.7 Å². The van der Waals surface area contributed by atoms with Crippen molar-refractivity contribution in [1.29, 1.82) is 5.26 Å². The van der Waals surface area contributed by atoms with Gasteiger partial charge in [-0.1, -0.05) is 18.9 Å². The topological polar surface area (TPSA) is 53.3 Å². The summed E-state index contributed by atoms with van der Waals surface area (Å²) < 4.78 is 19.1. The summed E-state index contributed by atoms with van der Waals surface area (Å²) in [6.07, 6.45) is 8.87. The van der Waals surface area contributed by atoms with Gasteiger partial charge in [0.05, 0.1) is 5.56 Å². The molecule has 1 aromatic carbocycles. The number of ether oxygens (including phenoxy) is 1. The van der Waals surface area contributed by atoms with Crippen molar-refractivity contribution < 1.29 is 13.9 Å². The van der Waals surface area contributed by atoms with Crippen LogP contribution in [0.1, 0.15) is 76.8 Å². The molecule has 1 saturated carbocycles. The number of nitriles is 1. The molecule has 0 atom stereocenters. The summed E-state index contributed by atoms with van der Waals surface area (Å²) in [5.74, 6) is 0.379. The first-order valence-electron chi connectivity index (χ1n) is 10.9. The Labute approximate surface area is 174 Å². The normalized spacial score (nSPS) is 18.9. The van der Waals surface area contributed by atoms with Crippen molar-refractivity contribution in [1.82, 2.24) is 4.90 Å². The molecule has 5 heteroatoms. The van der Waals surface area contributed by atoms with Crippen LogP contribution in [0.2, 0.25) is 0 Å². The van der Waals surface area contributed by atoms with Gasteiger partial charge in [0.25, 0.3) is 0 Å². The van der Waals surface area contributed by atoms with E-state index in [9.17, 15) is 9.18 Å². The largest absolute Gasteiger partial charge is 0.444 e. The third-order valence-corrected chi connectivity index (χ3v) is 6.40. The molecule has 1 saturated heterocycles. The van der Waals surface area contributed by atoms with E-state index in [1.165, 1.54) is 25.3 Å². The van der Waals surface area contributed by atoms with Crippen molar-refractivity contribution in [3.63, 3.8) is 0 Å². The number of carbonyl (C=O) groups excluding carboxylic acids is 1. The van der Waals surface area contributed by atoms with Gasteiger partial charge in [0.1, 0.15) is 17.5 Å². The van der Waals surface area contributed by atoms with Crippen LogP contribution in [0, 0.1) is 28.5 Å². The Morgan fingerprint density at radius 1 is 1.28 bits per heavy atom. The minimum Gasteiger partial charge on any atom is -0.444 e. The van der Waals surface area contributed by atoms with Crippen LogP contribution in [0.25, 0.3) is 0 Å². The lowest BCUT2D eigenvalue weighted by Gasteiger charge is -2.52. The lowest BCUT2D eigenvalue weighted by molar-refractivity contribution is -0.0295. The van der Waals surface area contributed by atoms with Crippen LogP contribution < -0.4 is 0 Å². The molecule has 3 rings (SSSR count). The highest BCUT2D eigenvalue weighted by Gasteiger charge is 2.46. The molecule has 1 heterocycles. The number of piperidine rings is 1. The maximum Gasteiger partial charge on any atom is 0.410 e. The van der Waals surface area contributed by atoms with Gasteiger partial charge in [-0.2, -0.15) is 5.26 Å². The first kappa shape index (κ1) is 21.6. The standard InChI is InChI=1S/C24H33FN2O2/c1-23(2,3)29-22(28)27-12-10-24(11-13-27)15-19(16-24)7-5-4-6-18-8-9-20(17-26)21(25)14-18/h8-9,14,19H,4-7,10-13,15-16H2,1-3H3. The Hall–Kier alpha value is -2.09. The molecule has 0 unspecified atom stereocenters. The average molecular weight is 401 g/mol. The molecular formula is C24H33FN2O2. The quantitative estimate of drug-likeness (QED) is 0.584. The second-order valence-corrected chi connectivity index (χ2v) is 9.91. The van der Waals surface area contributed by atoms with Crippen molar-refractivity contribution >= 4 is 6.09 Å². The van der Waals surface area contributed by atoms with Crippen LogP contribution in [0.5, 0.6) is 0 Å². The number of aryl methyl sites for hydroxylation is 1. The highest BCUT2D eigenvalue weighted by molar-refractivity contribution is 5.68. The molecule has 1 aromatic rings. The molecule has 29 heavy (non-hydrogen) atoms. The van der Waals surface area contributed by atoms with Gasteiger partial charge in [-0.3, -0.25) is 0 Å². The minimum atomic E-state index is -0.433. The van der Waals surface area contributed by atoms with Gasteiger partial charge in [-0.25, -0.2) is 9.18 Å². The van der Waals surface area contributed by atoms with E-state index in [2.05, 4.69) is 0 Å². The van der Waals surface area contributed by atoms with Crippen LogP contribution >= 0.6 is 0 Å². The third kappa shape index (κ3) is 5.72. The summed E-state index contributed by atoms with van der Waals surface area (Å²) in [7, 11) is 0. The van der Waals surface area contributed by atoms with Crippen molar-refractivity contribution in [3.8, 4) is 6.07 Å². The van der Waals surface area contributed by atoms with E-state index >= 15 is 0 Å². The van der Waals surface area contributed by atoms with E-state index in [-0.39, 0.29) is 11.7 Å². The van der Waals surface area contributed by atoms with Gasteiger partial charge in [-0.05, 0) is 88.3 Å². The number of unbranched alkanes of at least 4 members (excludes halogenated alkanes) is 1. The van der Waals surface area contributed by atoms with Crippen LogP contribution in [0.4, 0.5) is 9.18 Å². The third-order valence-electron chi connectivity index (χ3n) is 6.40. The van der Waals surface area contributed by atoms with Gasteiger partial charge in [0.15, 0.2) is 0 Å². The molecule has 158 valence electrons. The SMILES string of the molecule is CC(C)(C)OC(=O)N1CCC2(CC1)CC(CCCCc1ccc(C#N)c(F)c1)C2. The molecule has 1 aliphatic heterocycles. The highest BCUT2D eigenvalue weighted by atomic mass is 19.1. The number of amides is 1. The van der Waals surface area contributed by atoms with Crippen molar-refractivity contribution in [2.45, 2.75) is 77.7 Å². The lowest BCUT2D eigenvalue weighted by atomic mass is 9.56. The molecular weight excluding hydrogens is 367 g/mol. The van der Waals surface area contributed by atoms with E-state index in [1.807, 2.05) is 37.8 Å². The smallest absolute Gasteiger partial charge is 0.410 e. The Kier molecular flexibility index (Phi) is 6.51. The summed E-state index contributed by atoms with van der Waals surface area (Å²) in [5, 5.41) is 8.79. The zero-order valence-electron chi connectivity index (χ0n) is 18.0. The monoisotopic (exact) mass is 400 g/mol. The van der Waals surface area contributed by atoms with Crippen molar-refractivity contribution in [2.24, 2.45) is 11.3 Å². The number of benzene rings is 1. The fourth-order valence-corrected chi connectivity index (χ4v) is 4.83. The molecule has 0 bridgehead atoms. The van der Waals surface area contributed by atoms with Crippen LogP contribution in [0.15, 0.2) is 18.2 Å². The lowest BCUT2D eigenvalue weighted by Crippen LogP contribution is -2.49. The number of likely N-dealkylation sites (tertiary alicyclic amines) is 1. The number of rotatable bonds is 5. The molecule has 4 nitrogen and oxygen atoms in total. The van der Waals surface area contributed by atoms with Gasteiger partial charge in [0.2, 0.25) is 0 Å². The Morgan fingerprint density at radius 3 is 2.55 bits per heavy atom. The van der Waals surface area contributed by atoms with Gasteiger partial charge < -0.3 is 9.64 Å². The van der Waals surface area contributed by atoms with E-state index in [0.29, 0.717) is 5.41 Å². The van der Waals surface area contributed by atoms with Crippen LogP contribution in [-0.2, 0) is 11.2 Å². The summed E-state index contributed by atoms with van der Waals surface area (Å²) in [4.78, 5) is 14.1. The number of nitrogens with zero attached hydrogens (tertiary/aromatic N) is 2. The van der Waals surface area contributed by atoms with Gasteiger partial charge in [-0.15, -0.1) is 0 Å². The summed E-state index contributed by atoms with van der Waals surface area (Å²) in [6, 6.07) is 6.79. The second-order valence-electron chi connectivity index (χ2n) is 9.91. The fraction of sp³-hybridized carbons (Fsp3) is 0.667. The maximum absolute atomic E-state index is 13.7. The van der Waals surface area contributed by atoms with Crippen molar-refractivity contribution in [2.75, 3.05) is 13.1 Å². The molecule has 1 aliphatic carbocycles. The van der Waals surface area contributed by atoms with Crippen LogP contribution in [-0.4, -0.2) is 29.7 Å². The fourth-order valence-electron chi connectivity index (χ4n) is 4.83. The molecule has 1 spiro atoms. The molecule has 2 aliphatic rings.